The normalized spacial score (nSPS) is 10.5. The van der Waals surface area contributed by atoms with Crippen molar-refractivity contribution < 1.29 is 22.7 Å². The summed E-state index contributed by atoms with van der Waals surface area (Å²) in [4.78, 5) is 15.3. The number of benzene rings is 1. The molecular weight excluding hydrogens is 305 g/mol. The first-order valence-corrected chi connectivity index (χ1v) is 6.89. The van der Waals surface area contributed by atoms with Crippen molar-refractivity contribution in [3.8, 4) is 0 Å². The minimum atomic E-state index is -1.29. The van der Waals surface area contributed by atoms with Gasteiger partial charge in [-0.3, -0.25) is 4.79 Å². The number of nitrogens with one attached hydrogen (secondary N) is 1. The summed E-state index contributed by atoms with van der Waals surface area (Å²) in [6.07, 6.45) is -0.0218. The van der Waals surface area contributed by atoms with Crippen LogP contribution >= 0.6 is 11.3 Å². The maximum atomic E-state index is 13.5. The quantitative estimate of drug-likeness (QED) is 0.678. The van der Waals surface area contributed by atoms with Crippen LogP contribution in [0.1, 0.15) is 12.6 Å². The van der Waals surface area contributed by atoms with Crippen LogP contribution in [0.15, 0.2) is 17.5 Å². The fourth-order valence-electron chi connectivity index (χ4n) is 1.57. The first-order chi connectivity index (χ1) is 9.99. The van der Waals surface area contributed by atoms with Crippen molar-refractivity contribution in [1.82, 2.24) is 4.98 Å². The number of carbonyl (C=O) groups is 1. The van der Waals surface area contributed by atoms with E-state index in [2.05, 4.69) is 10.3 Å². The van der Waals surface area contributed by atoms with Crippen LogP contribution in [0.5, 0.6) is 0 Å². The Morgan fingerprint density at radius 2 is 2.14 bits per heavy atom. The molecule has 0 aliphatic rings. The largest absolute Gasteiger partial charge is 0.466 e. The van der Waals surface area contributed by atoms with E-state index in [9.17, 15) is 18.0 Å². The lowest BCUT2D eigenvalue weighted by Crippen LogP contribution is -2.07. The molecule has 0 saturated heterocycles. The fraction of sp³-hybridized carbons (Fsp3) is 0.231. The molecule has 1 N–H and O–H groups in total. The Labute approximate surface area is 122 Å². The van der Waals surface area contributed by atoms with E-state index in [1.165, 1.54) is 0 Å². The molecule has 1 aromatic heterocycles. The number of aromatic nitrogens is 1. The van der Waals surface area contributed by atoms with Crippen molar-refractivity contribution in [1.29, 1.82) is 0 Å². The predicted molar refractivity (Wildman–Crippen MR) is 72.0 cm³/mol. The number of carbonyl (C=O) groups excluding carboxylic acids is 1. The van der Waals surface area contributed by atoms with E-state index in [0.29, 0.717) is 11.8 Å². The Balaban J connectivity index is 2.11. The van der Waals surface area contributed by atoms with Crippen LogP contribution in [-0.2, 0) is 16.0 Å². The molecule has 0 saturated carbocycles. The average molecular weight is 316 g/mol. The van der Waals surface area contributed by atoms with Crippen molar-refractivity contribution in [2.75, 3.05) is 11.9 Å². The average Bonchev–Trinajstić information content (AvgIpc) is 2.83. The third-order valence-electron chi connectivity index (χ3n) is 2.42. The zero-order valence-corrected chi connectivity index (χ0v) is 11.8. The molecule has 8 heteroatoms. The van der Waals surface area contributed by atoms with Gasteiger partial charge in [0.2, 0.25) is 0 Å². The number of nitrogens with zero attached hydrogens (tertiary/aromatic N) is 1. The SMILES string of the molecule is CCOC(=O)Cc1csc(Nc2cc(F)cc(F)c2F)n1. The number of halogens is 3. The summed E-state index contributed by atoms with van der Waals surface area (Å²) in [5.41, 5.74) is 0.0720. The van der Waals surface area contributed by atoms with Crippen molar-refractivity contribution in [3.63, 3.8) is 0 Å². The molecule has 0 fully saturated rings. The smallest absolute Gasteiger partial charge is 0.311 e. The van der Waals surface area contributed by atoms with E-state index in [1.54, 1.807) is 12.3 Å². The fourth-order valence-corrected chi connectivity index (χ4v) is 2.29. The van der Waals surface area contributed by atoms with Gasteiger partial charge in [-0.15, -0.1) is 11.3 Å². The first-order valence-electron chi connectivity index (χ1n) is 6.01. The Morgan fingerprint density at radius 1 is 1.38 bits per heavy atom. The van der Waals surface area contributed by atoms with Crippen molar-refractivity contribution >= 4 is 28.1 Å². The summed E-state index contributed by atoms with van der Waals surface area (Å²) in [6, 6.07) is 1.28. The number of rotatable bonds is 5. The molecule has 0 amide bonds. The van der Waals surface area contributed by atoms with E-state index in [4.69, 9.17) is 4.74 Å². The zero-order valence-electron chi connectivity index (χ0n) is 11.0. The highest BCUT2D eigenvalue weighted by atomic mass is 32.1. The molecule has 2 aromatic rings. The van der Waals surface area contributed by atoms with Crippen molar-refractivity contribution in [3.05, 3.63) is 40.7 Å². The van der Waals surface area contributed by atoms with E-state index in [1.807, 2.05) is 0 Å². The standard InChI is InChI=1S/C13H11F3N2O2S/c1-2-20-11(19)5-8-6-21-13(17-8)18-10-4-7(14)3-9(15)12(10)16/h3-4,6H,2,5H2,1H3,(H,17,18). The maximum absolute atomic E-state index is 13.5. The van der Waals surface area contributed by atoms with Gasteiger partial charge in [0.1, 0.15) is 5.82 Å². The third-order valence-corrected chi connectivity index (χ3v) is 3.22. The number of esters is 1. The number of anilines is 2. The molecule has 0 spiro atoms. The molecule has 4 nitrogen and oxygen atoms in total. The highest BCUT2D eigenvalue weighted by Gasteiger charge is 2.13. The van der Waals surface area contributed by atoms with E-state index in [0.717, 1.165) is 17.4 Å². The van der Waals surface area contributed by atoms with E-state index >= 15 is 0 Å². The molecule has 2 rings (SSSR count). The molecule has 0 aliphatic carbocycles. The lowest BCUT2D eigenvalue weighted by Gasteiger charge is -2.05. The van der Waals surface area contributed by atoms with Gasteiger partial charge in [0, 0.05) is 17.5 Å². The van der Waals surface area contributed by atoms with Crippen LogP contribution < -0.4 is 5.32 Å². The second-order valence-electron chi connectivity index (χ2n) is 4.00. The van der Waals surface area contributed by atoms with Crippen LogP contribution in [-0.4, -0.2) is 17.6 Å². The van der Waals surface area contributed by atoms with Gasteiger partial charge in [-0.1, -0.05) is 0 Å². The number of hydrogen-bond donors (Lipinski definition) is 1. The predicted octanol–water partition coefficient (Wildman–Crippen LogP) is 3.41. The van der Waals surface area contributed by atoms with Crippen molar-refractivity contribution in [2.45, 2.75) is 13.3 Å². The van der Waals surface area contributed by atoms with E-state index in [-0.39, 0.29) is 23.8 Å². The summed E-state index contributed by atoms with van der Waals surface area (Å²) < 4.78 is 44.4. The molecule has 0 atom stereocenters. The van der Waals surface area contributed by atoms with Gasteiger partial charge in [0.05, 0.1) is 24.4 Å². The van der Waals surface area contributed by atoms with Crippen LogP contribution in [0.25, 0.3) is 0 Å². The lowest BCUT2D eigenvalue weighted by molar-refractivity contribution is -0.142. The molecule has 0 unspecified atom stereocenters. The van der Waals surface area contributed by atoms with Crippen LogP contribution in [0.4, 0.5) is 24.0 Å². The minimum Gasteiger partial charge on any atom is -0.466 e. The summed E-state index contributed by atoms with van der Waals surface area (Å²) in [6.45, 7) is 1.95. The second-order valence-corrected chi connectivity index (χ2v) is 4.86. The van der Waals surface area contributed by atoms with Crippen LogP contribution in [0.3, 0.4) is 0 Å². The topological polar surface area (TPSA) is 51.2 Å². The molecule has 112 valence electrons. The summed E-state index contributed by atoms with van der Waals surface area (Å²) in [5, 5.41) is 4.28. The molecule has 21 heavy (non-hydrogen) atoms. The van der Waals surface area contributed by atoms with Gasteiger partial charge < -0.3 is 10.1 Å². The summed E-state index contributed by atoms with van der Waals surface area (Å²) in [5.74, 6) is -3.82. The number of hydrogen-bond acceptors (Lipinski definition) is 5. The Morgan fingerprint density at radius 3 is 2.86 bits per heavy atom. The Bertz CT molecular complexity index is 661. The zero-order chi connectivity index (χ0) is 15.4. The molecule has 1 heterocycles. The molecule has 0 radical (unpaired) electrons. The molecular formula is C13H11F3N2O2S. The lowest BCUT2D eigenvalue weighted by atomic mass is 10.3. The number of ether oxygens (including phenoxy) is 1. The first kappa shape index (κ1) is 15.3. The molecule has 0 bridgehead atoms. The third kappa shape index (κ3) is 3.94. The summed E-state index contributed by atoms with van der Waals surface area (Å²) >= 11 is 1.08. The van der Waals surface area contributed by atoms with Gasteiger partial charge in [0.15, 0.2) is 16.8 Å². The van der Waals surface area contributed by atoms with Crippen molar-refractivity contribution in [2.24, 2.45) is 0 Å². The van der Waals surface area contributed by atoms with Crippen LogP contribution in [0, 0.1) is 17.5 Å². The van der Waals surface area contributed by atoms with Gasteiger partial charge in [0.25, 0.3) is 0 Å². The maximum Gasteiger partial charge on any atom is 0.311 e. The monoisotopic (exact) mass is 316 g/mol. The second kappa shape index (κ2) is 6.57. The van der Waals surface area contributed by atoms with Crippen LogP contribution in [0.2, 0.25) is 0 Å². The van der Waals surface area contributed by atoms with Gasteiger partial charge in [-0.25, -0.2) is 18.2 Å². The highest BCUT2D eigenvalue weighted by Crippen LogP contribution is 2.25. The van der Waals surface area contributed by atoms with Gasteiger partial charge in [-0.2, -0.15) is 0 Å². The Hall–Kier alpha value is -2.09. The Kier molecular flexibility index (Phi) is 4.79. The molecule has 0 aliphatic heterocycles. The van der Waals surface area contributed by atoms with Gasteiger partial charge in [-0.05, 0) is 6.92 Å². The minimum absolute atomic E-state index is 0.0218. The number of thiazole rings is 1. The summed E-state index contributed by atoms with van der Waals surface area (Å²) in [7, 11) is 0. The van der Waals surface area contributed by atoms with E-state index < -0.39 is 23.4 Å². The van der Waals surface area contributed by atoms with Gasteiger partial charge >= 0.3 is 5.97 Å². The molecule has 1 aromatic carbocycles. The highest BCUT2D eigenvalue weighted by molar-refractivity contribution is 7.13.